The Bertz CT molecular complexity index is 1100. The molecule has 0 aliphatic carbocycles. The predicted octanol–water partition coefficient (Wildman–Crippen LogP) is 3.84. The molecule has 2 heterocycles. The second-order valence-corrected chi connectivity index (χ2v) is 11.8. The molecule has 34 heavy (non-hydrogen) atoms. The van der Waals surface area contributed by atoms with E-state index in [-0.39, 0.29) is 16.6 Å². The van der Waals surface area contributed by atoms with Crippen LogP contribution in [0.5, 0.6) is 0 Å². The molecule has 2 fully saturated rings. The monoisotopic (exact) mass is 487 g/mol. The van der Waals surface area contributed by atoms with Crippen molar-refractivity contribution in [2.45, 2.75) is 38.1 Å². The summed E-state index contributed by atoms with van der Waals surface area (Å²) in [5.41, 5.74) is 1.45. The number of sulfonamides is 1. The van der Waals surface area contributed by atoms with E-state index in [0.29, 0.717) is 56.7 Å². The third kappa shape index (κ3) is 5.85. The second kappa shape index (κ2) is 10.5. The lowest BCUT2D eigenvalue weighted by molar-refractivity contribution is 0.0761. The zero-order valence-corrected chi connectivity index (χ0v) is 20.8. The van der Waals surface area contributed by atoms with Crippen molar-refractivity contribution in [2.75, 3.05) is 39.3 Å². The van der Waals surface area contributed by atoms with Gasteiger partial charge in [-0.05, 0) is 60.6 Å². The van der Waals surface area contributed by atoms with Crippen LogP contribution in [-0.4, -0.2) is 67.7 Å². The lowest BCUT2D eigenvalue weighted by Gasteiger charge is -2.34. The van der Waals surface area contributed by atoms with Crippen molar-refractivity contribution < 1.29 is 17.6 Å². The molecular weight excluding hydrogens is 453 g/mol. The van der Waals surface area contributed by atoms with E-state index in [0.717, 1.165) is 24.9 Å². The molecule has 0 spiro atoms. The number of piperidine rings is 1. The van der Waals surface area contributed by atoms with Gasteiger partial charge in [0.05, 0.1) is 4.90 Å². The molecule has 0 aromatic heterocycles. The molecule has 0 unspecified atom stereocenters. The van der Waals surface area contributed by atoms with Crippen molar-refractivity contribution in [1.82, 2.24) is 14.1 Å². The molecule has 8 heteroatoms. The van der Waals surface area contributed by atoms with Crippen LogP contribution in [0.1, 0.15) is 42.6 Å². The smallest absolute Gasteiger partial charge is 0.253 e. The Morgan fingerprint density at radius 1 is 0.971 bits per heavy atom. The summed E-state index contributed by atoms with van der Waals surface area (Å²) in [4.78, 5) is 17.5. The highest BCUT2D eigenvalue weighted by Gasteiger charge is 2.32. The van der Waals surface area contributed by atoms with Gasteiger partial charge in [-0.15, -0.1) is 0 Å². The molecule has 2 atom stereocenters. The first-order valence-corrected chi connectivity index (χ1v) is 13.5. The standard InChI is InChI=1S/C26H34FN3O3S/c1-20-15-21(2)18-30(17-20)34(32,33)25-6-3-5-23(16-25)26(31)29-12-4-11-28(13-14-29)19-22-7-9-24(27)10-8-22/h3,5-10,16,20-21H,4,11-15,17-19H2,1-2H3/t20-,21-/m0/s1. The number of carbonyl (C=O) groups is 1. The summed E-state index contributed by atoms with van der Waals surface area (Å²) in [7, 11) is -3.64. The number of hydrogen-bond donors (Lipinski definition) is 0. The summed E-state index contributed by atoms with van der Waals surface area (Å²) in [6, 6.07) is 13.0. The molecule has 184 valence electrons. The van der Waals surface area contributed by atoms with Gasteiger partial charge in [-0.3, -0.25) is 9.69 Å². The van der Waals surface area contributed by atoms with Crippen LogP contribution in [0.25, 0.3) is 0 Å². The van der Waals surface area contributed by atoms with Gasteiger partial charge >= 0.3 is 0 Å². The second-order valence-electron chi connectivity index (χ2n) is 9.84. The quantitative estimate of drug-likeness (QED) is 0.643. The Balaban J connectivity index is 1.43. The molecule has 2 aromatic rings. The fourth-order valence-corrected chi connectivity index (χ4v) is 6.83. The van der Waals surface area contributed by atoms with Gasteiger partial charge in [0.15, 0.2) is 0 Å². The SMILES string of the molecule is C[C@H]1C[C@H](C)CN(S(=O)(=O)c2cccc(C(=O)N3CCCN(Cc4ccc(F)cc4)CC3)c2)C1. The molecule has 2 saturated heterocycles. The van der Waals surface area contributed by atoms with Crippen LogP contribution in [0.3, 0.4) is 0 Å². The number of hydrogen-bond acceptors (Lipinski definition) is 4. The molecule has 0 saturated carbocycles. The normalized spacial score (nSPS) is 23.0. The molecule has 0 bridgehead atoms. The van der Waals surface area contributed by atoms with E-state index in [2.05, 4.69) is 18.7 Å². The fourth-order valence-electron chi connectivity index (χ4n) is 5.10. The largest absolute Gasteiger partial charge is 0.337 e. The van der Waals surface area contributed by atoms with Gasteiger partial charge in [-0.1, -0.05) is 32.0 Å². The Labute approximate surface area is 202 Å². The zero-order valence-electron chi connectivity index (χ0n) is 20.0. The first kappa shape index (κ1) is 24.8. The highest BCUT2D eigenvalue weighted by atomic mass is 32.2. The van der Waals surface area contributed by atoms with E-state index in [1.165, 1.54) is 18.2 Å². The molecule has 2 aliphatic heterocycles. The molecule has 2 aromatic carbocycles. The van der Waals surface area contributed by atoms with Gasteiger partial charge in [-0.2, -0.15) is 4.31 Å². The molecule has 6 nitrogen and oxygen atoms in total. The average molecular weight is 488 g/mol. The van der Waals surface area contributed by atoms with Crippen LogP contribution >= 0.6 is 0 Å². The molecule has 0 N–H and O–H groups in total. The van der Waals surface area contributed by atoms with E-state index >= 15 is 0 Å². The molecule has 2 aliphatic rings. The van der Waals surface area contributed by atoms with Crippen LogP contribution in [0, 0.1) is 17.7 Å². The fraction of sp³-hybridized carbons (Fsp3) is 0.500. The van der Waals surface area contributed by atoms with Crippen molar-refractivity contribution in [1.29, 1.82) is 0 Å². The van der Waals surface area contributed by atoms with Gasteiger partial charge in [-0.25, -0.2) is 12.8 Å². The topological polar surface area (TPSA) is 60.9 Å². The summed E-state index contributed by atoms with van der Waals surface area (Å²) in [6.45, 7) is 8.65. The lowest BCUT2D eigenvalue weighted by atomic mass is 9.94. The highest BCUT2D eigenvalue weighted by Crippen LogP contribution is 2.27. The third-order valence-corrected chi connectivity index (χ3v) is 8.58. The maximum absolute atomic E-state index is 13.3. The van der Waals surface area contributed by atoms with Crippen LogP contribution in [0.15, 0.2) is 53.4 Å². The predicted molar refractivity (Wildman–Crippen MR) is 130 cm³/mol. The summed E-state index contributed by atoms with van der Waals surface area (Å²) in [5, 5.41) is 0. The van der Waals surface area contributed by atoms with Crippen molar-refractivity contribution in [2.24, 2.45) is 11.8 Å². The van der Waals surface area contributed by atoms with Gasteiger partial charge in [0.25, 0.3) is 5.91 Å². The average Bonchev–Trinajstić information content (AvgIpc) is 3.05. The Morgan fingerprint density at radius 3 is 2.38 bits per heavy atom. The molecule has 4 rings (SSSR count). The first-order chi connectivity index (χ1) is 16.2. The number of carbonyl (C=O) groups excluding carboxylic acids is 1. The summed E-state index contributed by atoms with van der Waals surface area (Å²) in [5.74, 6) is 0.252. The lowest BCUT2D eigenvalue weighted by Crippen LogP contribution is -2.42. The summed E-state index contributed by atoms with van der Waals surface area (Å²) >= 11 is 0. The maximum Gasteiger partial charge on any atom is 0.253 e. The minimum Gasteiger partial charge on any atom is -0.337 e. The molecular formula is C26H34FN3O3S. The van der Waals surface area contributed by atoms with Crippen LogP contribution < -0.4 is 0 Å². The number of amides is 1. The molecule has 0 radical (unpaired) electrons. The van der Waals surface area contributed by atoms with E-state index in [4.69, 9.17) is 0 Å². The van der Waals surface area contributed by atoms with E-state index in [9.17, 15) is 17.6 Å². The van der Waals surface area contributed by atoms with Crippen molar-refractivity contribution in [3.8, 4) is 0 Å². The van der Waals surface area contributed by atoms with Gasteiger partial charge in [0.1, 0.15) is 5.82 Å². The van der Waals surface area contributed by atoms with Crippen LogP contribution in [0.2, 0.25) is 0 Å². The first-order valence-electron chi connectivity index (χ1n) is 12.1. The number of halogens is 1. The van der Waals surface area contributed by atoms with Crippen molar-refractivity contribution >= 4 is 15.9 Å². The van der Waals surface area contributed by atoms with Gasteiger partial charge in [0, 0.05) is 51.4 Å². The summed E-state index contributed by atoms with van der Waals surface area (Å²) in [6.07, 6.45) is 1.85. The van der Waals surface area contributed by atoms with Crippen molar-refractivity contribution in [3.05, 3.63) is 65.5 Å². The van der Waals surface area contributed by atoms with Gasteiger partial charge < -0.3 is 4.90 Å². The maximum atomic E-state index is 13.3. The Hall–Kier alpha value is -2.29. The number of benzene rings is 2. The van der Waals surface area contributed by atoms with Gasteiger partial charge in [0.2, 0.25) is 10.0 Å². The van der Waals surface area contributed by atoms with Crippen molar-refractivity contribution in [3.63, 3.8) is 0 Å². The molecule has 1 amide bonds. The van der Waals surface area contributed by atoms with E-state index in [1.54, 1.807) is 39.5 Å². The highest BCUT2D eigenvalue weighted by molar-refractivity contribution is 7.89. The minimum absolute atomic E-state index is 0.138. The Kier molecular flexibility index (Phi) is 7.70. The summed E-state index contributed by atoms with van der Waals surface area (Å²) < 4.78 is 41.3. The van der Waals surface area contributed by atoms with Crippen LogP contribution in [0.4, 0.5) is 4.39 Å². The zero-order chi connectivity index (χ0) is 24.3. The number of nitrogens with zero attached hydrogens (tertiary/aromatic N) is 3. The number of rotatable bonds is 5. The Morgan fingerprint density at radius 2 is 1.68 bits per heavy atom. The van der Waals surface area contributed by atoms with Crippen LogP contribution in [-0.2, 0) is 16.6 Å². The minimum atomic E-state index is -3.64. The van der Waals surface area contributed by atoms with E-state index in [1.807, 2.05) is 0 Å². The third-order valence-electron chi connectivity index (χ3n) is 6.75. The van der Waals surface area contributed by atoms with E-state index < -0.39 is 10.0 Å².